The summed E-state index contributed by atoms with van der Waals surface area (Å²) >= 11 is 0. The first-order valence-electron chi connectivity index (χ1n) is 9.21. The fourth-order valence-electron chi connectivity index (χ4n) is 2.38. The van der Waals surface area contributed by atoms with Crippen molar-refractivity contribution in [3.8, 4) is 5.75 Å². The molecule has 2 aromatic rings. The Kier molecular flexibility index (Phi) is 8.29. The molecular weight excluding hydrogens is 344 g/mol. The highest BCUT2D eigenvalue weighted by molar-refractivity contribution is 6.04. The Morgan fingerprint density at radius 3 is 2.44 bits per heavy atom. The van der Waals surface area contributed by atoms with Gasteiger partial charge in [-0.1, -0.05) is 26.2 Å². The molecule has 0 atom stereocenters. The molecule has 0 bridgehead atoms. The number of hydrogen-bond donors (Lipinski definition) is 1. The average molecular weight is 370 g/mol. The molecule has 0 saturated carbocycles. The highest BCUT2D eigenvalue weighted by Crippen LogP contribution is 2.17. The Labute approximate surface area is 159 Å². The summed E-state index contributed by atoms with van der Waals surface area (Å²) in [6, 6.07) is 10.6. The Balaban J connectivity index is 1.81. The monoisotopic (exact) mass is 370 g/mol. The third kappa shape index (κ3) is 7.48. The number of nitrogens with zero attached hydrogens (tertiary/aromatic N) is 1. The minimum absolute atomic E-state index is 0.0944. The number of benzene rings is 1. The van der Waals surface area contributed by atoms with Gasteiger partial charge in [0.15, 0.2) is 0 Å². The first-order valence-corrected chi connectivity index (χ1v) is 9.21. The van der Waals surface area contributed by atoms with E-state index in [1.165, 1.54) is 32.4 Å². The molecule has 144 valence electrons. The van der Waals surface area contributed by atoms with E-state index in [9.17, 15) is 9.59 Å². The first kappa shape index (κ1) is 20.4. The molecule has 1 aromatic carbocycles. The molecule has 2 rings (SSSR count). The van der Waals surface area contributed by atoms with Gasteiger partial charge in [-0.25, -0.2) is 0 Å². The van der Waals surface area contributed by atoms with Crippen molar-refractivity contribution < 1.29 is 19.1 Å². The van der Waals surface area contributed by atoms with Gasteiger partial charge in [-0.05, 0) is 42.8 Å². The molecular formula is C21H26N2O4. The van der Waals surface area contributed by atoms with Gasteiger partial charge < -0.3 is 14.8 Å². The molecule has 6 heteroatoms. The van der Waals surface area contributed by atoms with E-state index < -0.39 is 0 Å². The van der Waals surface area contributed by atoms with Gasteiger partial charge in [-0.3, -0.25) is 14.6 Å². The predicted octanol–water partition coefficient (Wildman–Crippen LogP) is 4.36. The SMILES string of the molecule is CCCCCCOc1ccc(NC(=O)c2ccc(COC(C)=O)nc2)cc1. The number of anilines is 1. The highest BCUT2D eigenvalue weighted by atomic mass is 16.5. The first-order chi connectivity index (χ1) is 13.1. The van der Waals surface area contributed by atoms with Crippen LogP contribution in [0.4, 0.5) is 5.69 Å². The predicted molar refractivity (Wildman–Crippen MR) is 104 cm³/mol. The summed E-state index contributed by atoms with van der Waals surface area (Å²) in [5.41, 5.74) is 1.70. The summed E-state index contributed by atoms with van der Waals surface area (Å²) in [5, 5.41) is 2.82. The van der Waals surface area contributed by atoms with Crippen molar-refractivity contribution in [1.82, 2.24) is 4.98 Å². The fourth-order valence-corrected chi connectivity index (χ4v) is 2.38. The van der Waals surface area contributed by atoms with Crippen molar-refractivity contribution in [3.05, 3.63) is 53.9 Å². The summed E-state index contributed by atoms with van der Waals surface area (Å²) in [7, 11) is 0. The van der Waals surface area contributed by atoms with Crippen LogP contribution in [-0.2, 0) is 16.1 Å². The van der Waals surface area contributed by atoms with Gasteiger partial charge in [-0.15, -0.1) is 0 Å². The normalized spacial score (nSPS) is 10.3. The van der Waals surface area contributed by atoms with Crippen LogP contribution in [0.15, 0.2) is 42.6 Å². The van der Waals surface area contributed by atoms with Crippen LogP contribution in [0.25, 0.3) is 0 Å². The maximum Gasteiger partial charge on any atom is 0.303 e. The lowest BCUT2D eigenvalue weighted by Gasteiger charge is -2.09. The number of aromatic nitrogens is 1. The van der Waals surface area contributed by atoms with Crippen molar-refractivity contribution in [1.29, 1.82) is 0 Å². The van der Waals surface area contributed by atoms with Crippen LogP contribution in [0.1, 0.15) is 55.6 Å². The van der Waals surface area contributed by atoms with E-state index >= 15 is 0 Å². The van der Waals surface area contributed by atoms with Gasteiger partial charge in [0.25, 0.3) is 5.91 Å². The minimum Gasteiger partial charge on any atom is -0.494 e. The zero-order valence-electron chi connectivity index (χ0n) is 15.9. The van der Waals surface area contributed by atoms with E-state index in [0.717, 1.165) is 12.2 Å². The van der Waals surface area contributed by atoms with Crippen molar-refractivity contribution in [2.75, 3.05) is 11.9 Å². The smallest absolute Gasteiger partial charge is 0.303 e. The summed E-state index contributed by atoms with van der Waals surface area (Å²) in [4.78, 5) is 27.2. The van der Waals surface area contributed by atoms with E-state index in [2.05, 4.69) is 17.2 Å². The third-order valence-electron chi connectivity index (χ3n) is 3.89. The quantitative estimate of drug-likeness (QED) is 0.497. The molecule has 0 saturated heterocycles. The number of unbranched alkanes of at least 4 members (excludes halogenated alkanes) is 3. The standard InChI is InChI=1S/C21H26N2O4/c1-3-4-5-6-13-26-20-11-9-18(10-12-20)23-21(25)17-7-8-19(22-14-17)15-27-16(2)24/h7-12,14H,3-6,13,15H2,1-2H3,(H,23,25). The topological polar surface area (TPSA) is 77.5 Å². The van der Waals surface area contributed by atoms with E-state index in [1.54, 1.807) is 12.1 Å². The molecule has 1 heterocycles. The van der Waals surface area contributed by atoms with E-state index in [1.807, 2.05) is 24.3 Å². The van der Waals surface area contributed by atoms with Crippen LogP contribution in [0.5, 0.6) is 5.75 Å². The summed E-state index contributed by atoms with van der Waals surface area (Å²) in [6.45, 7) is 4.32. The largest absolute Gasteiger partial charge is 0.494 e. The van der Waals surface area contributed by atoms with Crippen molar-refractivity contribution in [3.63, 3.8) is 0 Å². The second-order valence-corrected chi connectivity index (χ2v) is 6.21. The molecule has 6 nitrogen and oxygen atoms in total. The van der Waals surface area contributed by atoms with E-state index in [4.69, 9.17) is 9.47 Å². The molecule has 1 amide bonds. The van der Waals surface area contributed by atoms with Crippen LogP contribution < -0.4 is 10.1 Å². The number of ether oxygens (including phenoxy) is 2. The number of nitrogens with one attached hydrogen (secondary N) is 1. The molecule has 0 radical (unpaired) electrons. The van der Waals surface area contributed by atoms with Crippen LogP contribution in [-0.4, -0.2) is 23.5 Å². The number of carbonyl (C=O) groups excluding carboxylic acids is 2. The van der Waals surface area contributed by atoms with Gasteiger partial charge in [0.2, 0.25) is 0 Å². The molecule has 1 aromatic heterocycles. The van der Waals surface area contributed by atoms with Gasteiger partial charge in [0.1, 0.15) is 12.4 Å². The maximum absolute atomic E-state index is 12.3. The summed E-state index contributed by atoms with van der Waals surface area (Å²) in [5.74, 6) is 0.169. The van der Waals surface area contributed by atoms with Crippen LogP contribution >= 0.6 is 0 Å². The number of carbonyl (C=O) groups is 2. The van der Waals surface area contributed by atoms with Crippen LogP contribution in [0.2, 0.25) is 0 Å². The molecule has 0 aliphatic rings. The fraction of sp³-hybridized carbons (Fsp3) is 0.381. The lowest BCUT2D eigenvalue weighted by molar-refractivity contribution is -0.142. The van der Waals surface area contributed by atoms with Gasteiger partial charge in [-0.2, -0.15) is 0 Å². The molecule has 0 spiro atoms. The molecule has 0 aliphatic carbocycles. The van der Waals surface area contributed by atoms with Gasteiger partial charge >= 0.3 is 5.97 Å². The Morgan fingerprint density at radius 1 is 1.04 bits per heavy atom. The Hall–Kier alpha value is -2.89. The van der Waals surface area contributed by atoms with Crippen molar-refractivity contribution in [2.24, 2.45) is 0 Å². The summed E-state index contributed by atoms with van der Waals surface area (Å²) < 4.78 is 10.6. The number of amides is 1. The van der Waals surface area contributed by atoms with Crippen LogP contribution in [0.3, 0.4) is 0 Å². The molecule has 27 heavy (non-hydrogen) atoms. The zero-order valence-corrected chi connectivity index (χ0v) is 15.9. The maximum atomic E-state index is 12.3. The number of rotatable bonds is 10. The zero-order chi connectivity index (χ0) is 19.5. The molecule has 0 fully saturated rings. The highest BCUT2D eigenvalue weighted by Gasteiger charge is 2.08. The second kappa shape index (κ2) is 11.0. The van der Waals surface area contributed by atoms with E-state index in [0.29, 0.717) is 23.6 Å². The van der Waals surface area contributed by atoms with E-state index in [-0.39, 0.29) is 18.5 Å². The van der Waals surface area contributed by atoms with Crippen LogP contribution in [0, 0.1) is 0 Å². The number of esters is 1. The minimum atomic E-state index is -0.369. The Bertz CT molecular complexity index is 727. The Morgan fingerprint density at radius 2 is 1.81 bits per heavy atom. The van der Waals surface area contributed by atoms with Crippen molar-refractivity contribution in [2.45, 2.75) is 46.1 Å². The lowest BCUT2D eigenvalue weighted by Crippen LogP contribution is -2.12. The number of pyridine rings is 1. The summed E-state index contributed by atoms with van der Waals surface area (Å²) in [6.07, 6.45) is 6.12. The lowest BCUT2D eigenvalue weighted by atomic mass is 10.2. The number of hydrogen-bond acceptors (Lipinski definition) is 5. The third-order valence-corrected chi connectivity index (χ3v) is 3.89. The van der Waals surface area contributed by atoms with Gasteiger partial charge in [0.05, 0.1) is 17.9 Å². The average Bonchev–Trinajstić information content (AvgIpc) is 2.68. The second-order valence-electron chi connectivity index (χ2n) is 6.21. The molecule has 0 aliphatic heterocycles. The molecule has 0 unspecified atom stereocenters. The van der Waals surface area contributed by atoms with Gasteiger partial charge in [0, 0.05) is 18.8 Å². The molecule has 1 N–H and O–H groups in total. The van der Waals surface area contributed by atoms with Crippen molar-refractivity contribution >= 4 is 17.6 Å².